The van der Waals surface area contributed by atoms with E-state index in [1.165, 1.54) is 18.4 Å². The summed E-state index contributed by atoms with van der Waals surface area (Å²) in [6.07, 6.45) is 3.55. The van der Waals surface area contributed by atoms with Gasteiger partial charge in [0.1, 0.15) is 0 Å². The first kappa shape index (κ1) is 11.2. The molecule has 1 unspecified atom stereocenters. The summed E-state index contributed by atoms with van der Waals surface area (Å²) < 4.78 is 0. The predicted octanol–water partition coefficient (Wildman–Crippen LogP) is 2.87. The Morgan fingerprint density at radius 3 is 2.50 bits per heavy atom. The van der Waals surface area contributed by atoms with Crippen LogP contribution >= 0.6 is 0 Å². The van der Waals surface area contributed by atoms with Gasteiger partial charge < -0.3 is 4.90 Å². The maximum absolute atomic E-state index is 11.9. The average Bonchev–Trinajstić information content (AvgIpc) is 3.03. The van der Waals surface area contributed by atoms with Crippen LogP contribution < -0.4 is 0 Å². The highest BCUT2D eigenvalue weighted by Crippen LogP contribution is 2.20. The van der Waals surface area contributed by atoms with Crippen LogP contribution in [-0.4, -0.2) is 23.4 Å². The third kappa shape index (κ3) is 2.43. The Hall–Kier alpha value is -1.31. The van der Waals surface area contributed by atoms with Gasteiger partial charge in [-0.2, -0.15) is 0 Å². The molecule has 0 spiro atoms. The summed E-state index contributed by atoms with van der Waals surface area (Å²) in [4.78, 5) is 13.8. The number of hydrogen-bond acceptors (Lipinski definition) is 1. The molecule has 1 fully saturated rings. The Bertz CT molecular complexity index is 369. The molecular weight excluding hydrogens is 198 g/mol. The molecule has 1 aromatic carbocycles. The SMILES string of the molecule is CCCCc1ccc(C(=O)N2CC2C)cc1. The number of carbonyl (C=O) groups is 1. The van der Waals surface area contributed by atoms with E-state index >= 15 is 0 Å². The van der Waals surface area contributed by atoms with Crippen LogP contribution in [0.25, 0.3) is 0 Å². The maximum Gasteiger partial charge on any atom is 0.254 e. The average molecular weight is 217 g/mol. The molecule has 1 saturated heterocycles. The van der Waals surface area contributed by atoms with Crippen LogP contribution in [0.1, 0.15) is 42.6 Å². The molecule has 86 valence electrons. The maximum atomic E-state index is 11.9. The standard InChI is InChI=1S/C14H19NO/c1-3-4-5-12-6-8-13(9-7-12)14(16)15-10-11(15)2/h6-9,11H,3-5,10H2,1-2H3. The van der Waals surface area contributed by atoms with Gasteiger partial charge in [-0.1, -0.05) is 25.5 Å². The van der Waals surface area contributed by atoms with Crippen LogP contribution in [0.3, 0.4) is 0 Å². The van der Waals surface area contributed by atoms with Gasteiger partial charge in [-0.15, -0.1) is 0 Å². The number of aryl methyl sites for hydroxylation is 1. The van der Waals surface area contributed by atoms with E-state index in [-0.39, 0.29) is 5.91 Å². The van der Waals surface area contributed by atoms with Gasteiger partial charge in [-0.3, -0.25) is 4.79 Å². The number of amides is 1. The molecule has 0 radical (unpaired) electrons. The summed E-state index contributed by atoms with van der Waals surface area (Å²) in [6.45, 7) is 5.18. The third-order valence-electron chi connectivity index (χ3n) is 3.14. The molecule has 1 aliphatic heterocycles. The lowest BCUT2D eigenvalue weighted by atomic mass is 10.1. The van der Waals surface area contributed by atoms with Crippen molar-refractivity contribution < 1.29 is 4.79 Å². The summed E-state index contributed by atoms with van der Waals surface area (Å²) in [6, 6.07) is 8.51. The number of hydrogen-bond donors (Lipinski definition) is 0. The van der Waals surface area contributed by atoms with Gasteiger partial charge in [0.05, 0.1) is 0 Å². The molecule has 1 atom stereocenters. The number of benzene rings is 1. The van der Waals surface area contributed by atoms with Crippen LogP contribution in [0.5, 0.6) is 0 Å². The monoisotopic (exact) mass is 217 g/mol. The van der Waals surface area contributed by atoms with Crippen molar-refractivity contribution in [3.05, 3.63) is 35.4 Å². The molecule has 2 nitrogen and oxygen atoms in total. The molecule has 1 amide bonds. The van der Waals surface area contributed by atoms with Gasteiger partial charge in [0.2, 0.25) is 0 Å². The molecule has 1 heterocycles. The minimum atomic E-state index is 0.176. The van der Waals surface area contributed by atoms with Crippen LogP contribution in [0.15, 0.2) is 24.3 Å². The molecular formula is C14H19NO. The third-order valence-corrected chi connectivity index (χ3v) is 3.14. The second kappa shape index (κ2) is 4.69. The van der Waals surface area contributed by atoms with Crippen molar-refractivity contribution in [3.63, 3.8) is 0 Å². The van der Waals surface area contributed by atoms with Crippen molar-refractivity contribution in [2.75, 3.05) is 6.54 Å². The Balaban J connectivity index is 1.99. The summed E-state index contributed by atoms with van der Waals surface area (Å²) in [5.74, 6) is 0.176. The van der Waals surface area contributed by atoms with E-state index in [1.54, 1.807) is 0 Å². The van der Waals surface area contributed by atoms with Gasteiger partial charge >= 0.3 is 0 Å². The summed E-state index contributed by atoms with van der Waals surface area (Å²) in [7, 11) is 0. The number of unbranched alkanes of at least 4 members (excludes halogenated alkanes) is 1. The molecule has 0 N–H and O–H groups in total. The lowest BCUT2D eigenvalue weighted by Gasteiger charge is -2.04. The second-order valence-electron chi connectivity index (χ2n) is 4.61. The van der Waals surface area contributed by atoms with Crippen LogP contribution in [-0.2, 0) is 6.42 Å². The number of nitrogens with zero attached hydrogens (tertiary/aromatic N) is 1. The van der Waals surface area contributed by atoms with Crippen molar-refractivity contribution in [1.29, 1.82) is 0 Å². The Morgan fingerprint density at radius 2 is 2.00 bits per heavy atom. The summed E-state index contributed by atoms with van der Waals surface area (Å²) >= 11 is 0. The van der Waals surface area contributed by atoms with E-state index < -0.39 is 0 Å². The first-order valence-electron chi connectivity index (χ1n) is 6.12. The van der Waals surface area contributed by atoms with E-state index in [4.69, 9.17) is 0 Å². The Kier molecular flexibility index (Phi) is 3.28. The van der Waals surface area contributed by atoms with Gasteiger partial charge in [-0.05, 0) is 37.5 Å². The van der Waals surface area contributed by atoms with Crippen molar-refractivity contribution in [2.24, 2.45) is 0 Å². The fourth-order valence-corrected chi connectivity index (χ4v) is 1.88. The zero-order valence-electron chi connectivity index (χ0n) is 10.1. The predicted molar refractivity (Wildman–Crippen MR) is 65.6 cm³/mol. The molecule has 0 bridgehead atoms. The highest BCUT2D eigenvalue weighted by molar-refractivity contribution is 5.95. The molecule has 16 heavy (non-hydrogen) atoms. The highest BCUT2D eigenvalue weighted by Gasteiger charge is 2.34. The molecule has 1 aromatic rings. The van der Waals surface area contributed by atoms with E-state index in [0.29, 0.717) is 6.04 Å². The van der Waals surface area contributed by atoms with E-state index in [1.807, 2.05) is 17.0 Å². The fourth-order valence-electron chi connectivity index (χ4n) is 1.88. The Morgan fingerprint density at radius 1 is 1.38 bits per heavy atom. The Labute approximate surface area is 97.3 Å². The number of rotatable bonds is 4. The van der Waals surface area contributed by atoms with Gasteiger partial charge in [0, 0.05) is 18.2 Å². The number of carbonyl (C=O) groups excluding carboxylic acids is 1. The summed E-state index contributed by atoms with van der Waals surface area (Å²) in [5, 5.41) is 0. The van der Waals surface area contributed by atoms with Gasteiger partial charge in [0.15, 0.2) is 0 Å². The van der Waals surface area contributed by atoms with Gasteiger partial charge in [-0.25, -0.2) is 0 Å². The largest absolute Gasteiger partial charge is 0.332 e. The summed E-state index contributed by atoms with van der Waals surface area (Å²) in [5.41, 5.74) is 2.15. The lowest BCUT2D eigenvalue weighted by Crippen LogP contribution is -2.12. The molecule has 0 aromatic heterocycles. The molecule has 1 aliphatic rings. The second-order valence-corrected chi connectivity index (χ2v) is 4.61. The van der Waals surface area contributed by atoms with E-state index in [2.05, 4.69) is 26.0 Å². The zero-order valence-corrected chi connectivity index (χ0v) is 10.1. The van der Waals surface area contributed by atoms with E-state index in [0.717, 1.165) is 18.5 Å². The lowest BCUT2D eigenvalue weighted by molar-refractivity contribution is 0.0876. The van der Waals surface area contributed by atoms with Crippen LogP contribution in [0, 0.1) is 0 Å². The minimum absolute atomic E-state index is 0.176. The molecule has 0 saturated carbocycles. The fraction of sp³-hybridized carbons (Fsp3) is 0.500. The normalized spacial score (nSPS) is 18.6. The first-order valence-corrected chi connectivity index (χ1v) is 6.12. The van der Waals surface area contributed by atoms with Crippen LogP contribution in [0.4, 0.5) is 0 Å². The van der Waals surface area contributed by atoms with Gasteiger partial charge in [0.25, 0.3) is 5.91 Å². The van der Waals surface area contributed by atoms with Crippen molar-refractivity contribution >= 4 is 5.91 Å². The smallest absolute Gasteiger partial charge is 0.254 e. The molecule has 0 aliphatic carbocycles. The molecule has 2 rings (SSSR count). The quantitative estimate of drug-likeness (QED) is 0.710. The van der Waals surface area contributed by atoms with Crippen molar-refractivity contribution in [2.45, 2.75) is 39.2 Å². The van der Waals surface area contributed by atoms with E-state index in [9.17, 15) is 4.79 Å². The highest BCUT2D eigenvalue weighted by atomic mass is 16.2. The first-order chi connectivity index (χ1) is 7.72. The van der Waals surface area contributed by atoms with Crippen molar-refractivity contribution in [3.8, 4) is 0 Å². The van der Waals surface area contributed by atoms with Crippen LogP contribution in [0.2, 0.25) is 0 Å². The van der Waals surface area contributed by atoms with Crippen molar-refractivity contribution in [1.82, 2.24) is 4.90 Å². The topological polar surface area (TPSA) is 20.1 Å². The minimum Gasteiger partial charge on any atom is -0.332 e. The zero-order chi connectivity index (χ0) is 11.5. The molecule has 2 heteroatoms.